The molecular weight excluding hydrogens is 356 g/mol. The van der Waals surface area contributed by atoms with E-state index in [2.05, 4.69) is 6.92 Å². The van der Waals surface area contributed by atoms with Gasteiger partial charge in [-0.05, 0) is 62.9 Å². The molecule has 154 valence electrons. The number of ether oxygens (including phenoxy) is 2. The summed E-state index contributed by atoms with van der Waals surface area (Å²) in [6.45, 7) is 5.66. The Kier molecular flexibility index (Phi) is 5.30. The summed E-state index contributed by atoms with van der Waals surface area (Å²) in [5.74, 6) is 2.00. The maximum absolute atomic E-state index is 12.9. The molecule has 1 aliphatic carbocycles. The van der Waals surface area contributed by atoms with Crippen molar-refractivity contribution in [1.82, 2.24) is 0 Å². The van der Waals surface area contributed by atoms with Gasteiger partial charge in [-0.2, -0.15) is 0 Å². The smallest absolute Gasteiger partial charge is 0.346 e. The highest BCUT2D eigenvalue weighted by Crippen LogP contribution is 2.54. The van der Waals surface area contributed by atoms with Crippen LogP contribution in [-0.4, -0.2) is 18.3 Å². The molecule has 28 heavy (non-hydrogen) atoms. The number of allylic oxidation sites excluding steroid dienone is 1. The highest BCUT2D eigenvalue weighted by atomic mass is 16.5. The summed E-state index contributed by atoms with van der Waals surface area (Å²) >= 11 is 0. The predicted octanol–water partition coefficient (Wildman–Crippen LogP) is 4.80. The van der Waals surface area contributed by atoms with Gasteiger partial charge < -0.3 is 19.0 Å². The molecule has 0 bridgehead atoms. The van der Waals surface area contributed by atoms with E-state index in [-0.39, 0.29) is 16.7 Å². The Hall–Kier alpha value is -1.75. The number of hydrogen-bond acceptors (Lipinski definition) is 5. The zero-order chi connectivity index (χ0) is 19.8. The molecule has 2 unspecified atom stereocenters. The van der Waals surface area contributed by atoms with E-state index >= 15 is 0 Å². The van der Waals surface area contributed by atoms with E-state index in [1.165, 1.54) is 6.42 Å². The molecule has 1 aromatic rings. The molecule has 1 N–H and O–H groups in total. The van der Waals surface area contributed by atoms with Crippen molar-refractivity contribution in [1.29, 1.82) is 0 Å². The number of aromatic hydroxyl groups is 1. The zero-order valence-electron chi connectivity index (χ0n) is 17.1. The van der Waals surface area contributed by atoms with Crippen molar-refractivity contribution in [3.8, 4) is 5.75 Å². The van der Waals surface area contributed by atoms with Crippen LogP contribution in [0.1, 0.15) is 76.5 Å². The Morgan fingerprint density at radius 3 is 2.71 bits per heavy atom. The number of rotatable bonds is 7. The first kappa shape index (κ1) is 19.6. The minimum atomic E-state index is -0.793. The molecule has 0 amide bonds. The average molecular weight is 389 g/mol. The van der Waals surface area contributed by atoms with E-state index in [0.717, 1.165) is 51.1 Å². The van der Waals surface area contributed by atoms with Crippen LogP contribution in [0.15, 0.2) is 27.1 Å². The maximum atomic E-state index is 12.9. The Labute approximate surface area is 166 Å². The second-order valence-corrected chi connectivity index (χ2v) is 9.09. The third-order valence-electron chi connectivity index (χ3n) is 6.65. The summed E-state index contributed by atoms with van der Waals surface area (Å²) in [7, 11) is 0. The Balaban J connectivity index is 1.54. The maximum Gasteiger partial charge on any atom is 0.346 e. The first-order valence-corrected chi connectivity index (χ1v) is 10.8. The molecular formula is C23H32O5. The van der Waals surface area contributed by atoms with Crippen LogP contribution in [0, 0.1) is 11.3 Å². The quantitative estimate of drug-likeness (QED) is 0.726. The average Bonchev–Trinajstić information content (AvgIpc) is 3.28. The third-order valence-corrected chi connectivity index (χ3v) is 6.65. The first-order chi connectivity index (χ1) is 13.5. The largest absolute Gasteiger partial charge is 0.507 e. The van der Waals surface area contributed by atoms with Gasteiger partial charge in [0.1, 0.15) is 22.7 Å². The molecule has 2 aliphatic heterocycles. The SMILES string of the molecule is CCCC1(c2c(O)cc(CC3(CC4CCCOC4)CC3)oc2=O)CC=C(C)O1. The molecule has 0 aromatic carbocycles. The molecule has 0 radical (unpaired) electrons. The van der Waals surface area contributed by atoms with Crippen LogP contribution in [0.5, 0.6) is 5.75 Å². The van der Waals surface area contributed by atoms with Gasteiger partial charge in [0.15, 0.2) is 0 Å². The summed E-state index contributed by atoms with van der Waals surface area (Å²) in [6, 6.07) is 1.66. The van der Waals surface area contributed by atoms with Crippen molar-refractivity contribution in [2.24, 2.45) is 11.3 Å². The Morgan fingerprint density at radius 1 is 1.32 bits per heavy atom. The fourth-order valence-electron chi connectivity index (χ4n) is 5.15. The number of hydrogen-bond donors (Lipinski definition) is 1. The molecule has 2 fully saturated rings. The normalized spacial score (nSPS) is 28.6. The highest BCUT2D eigenvalue weighted by molar-refractivity contribution is 5.37. The summed E-state index contributed by atoms with van der Waals surface area (Å²) in [4.78, 5) is 12.9. The van der Waals surface area contributed by atoms with Crippen molar-refractivity contribution in [2.45, 2.75) is 77.2 Å². The van der Waals surface area contributed by atoms with Crippen LogP contribution < -0.4 is 5.63 Å². The van der Waals surface area contributed by atoms with E-state index in [1.54, 1.807) is 6.07 Å². The lowest BCUT2D eigenvalue weighted by Crippen LogP contribution is -2.32. The summed E-state index contributed by atoms with van der Waals surface area (Å²) in [6.07, 6.45) is 10.6. The lowest BCUT2D eigenvalue weighted by Gasteiger charge is -2.29. The van der Waals surface area contributed by atoms with Crippen LogP contribution in [0.3, 0.4) is 0 Å². The Morgan fingerprint density at radius 2 is 2.14 bits per heavy atom. The van der Waals surface area contributed by atoms with Crippen molar-refractivity contribution >= 4 is 0 Å². The van der Waals surface area contributed by atoms with E-state index < -0.39 is 11.2 Å². The molecule has 0 spiro atoms. The fourth-order valence-corrected chi connectivity index (χ4v) is 5.15. The second-order valence-electron chi connectivity index (χ2n) is 9.09. The fraction of sp³-hybridized carbons (Fsp3) is 0.696. The van der Waals surface area contributed by atoms with Gasteiger partial charge in [-0.15, -0.1) is 0 Å². The lowest BCUT2D eigenvalue weighted by atomic mass is 9.85. The molecule has 1 saturated carbocycles. The van der Waals surface area contributed by atoms with Crippen LogP contribution in [-0.2, 0) is 21.5 Å². The topological polar surface area (TPSA) is 68.9 Å². The molecule has 1 saturated heterocycles. The molecule has 3 aliphatic rings. The third kappa shape index (κ3) is 3.86. The van der Waals surface area contributed by atoms with Crippen molar-refractivity contribution < 1.29 is 19.0 Å². The minimum Gasteiger partial charge on any atom is -0.507 e. The summed E-state index contributed by atoms with van der Waals surface area (Å²) in [5, 5.41) is 10.8. The van der Waals surface area contributed by atoms with E-state index in [4.69, 9.17) is 13.9 Å². The zero-order valence-corrected chi connectivity index (χ0v) is 17.1. The molecule has 2 atom stereocenters. The van der Waals surface area contributed by atoms with Crippen LogP contribution >= 0.6 is 0 Å². The minimum absolute atomic E-state index is 0.0135. The van der Waals surface area contributed by atoms with Crippen LogP contribution in [0.25, 0.3) is 0 Å². The first-order valence-electron chi connectivity index (χ1n) is 10.8. The van der Waals surface area contributed by atoms with E-state index in [9.17, 15) is 9.90 Å². The molecule has 1 aromatic heterocycles. The van der Waals surface area contributed by atoms with Crippen molar-refractivity contribution in [3.05, 3.63) is 39.6 Å². The van der Waals surface area contributed by atoms with E-state index in [1.807, 2.05) is 13.0 Å². The lowest BCUT2D eigenvalue weighted by molar-refractivity contribution is 0.00885. The van der Waals surface area contributed by atoms with Gasteiger partial charge in [-0.3, -0.25) is 0 Å². The predicted molar refractivity (Wildman–Crippen MR) is 106 cm³/mol. The Bertz CT molecular complexity index is 798. The van der Waals surface area contributed by atoms with Gasteiger partial charge in [0.05, 0.1) is 5.76 Å². The summed E-state index contributed by atoms with van der Waals surface area (Å²) in [5.41, 5.74) is -0.767. The highest BCUT2D eigenvalue weighted by Gasteiger charge is 2.46. The molecule has 5 heteroatoms. The van der Waals surface area contributed by atoms with Gasteiger partial charge in [0.2, 0.25) is 0 Å². The van der Waals surface area contributed by atoms with Crippen LogP contribution in [0.2, 0.25) is 0 Å². The second kappa shape index (κ2) is 7.58. The molecule has 4 rings (SSSR count). The standard InChI is InChI=1S/C23H32O5/c1-3-7-23(8-6-16(2)28-23)20-19(24)12-18(27-21(20)25)14-22(9-10-22)13-17-5-4-11-26-15-17/h6,12,17,24H,3-5,7-11,13-15H2,1-2H3. The van der Waals surface area contributed by atoms with Crippen LogP contribution in [0.4, 0.5) is 0 Å². The van der Waals surface area contributed by atoms with Gasteiger partial charge in [-0.1, -0.05) is 13.3 Å². The van der Waals surface area contributed by atoms with Gasteiger partial charge >= 0.3 is 5.63 Å². The summed E-state index contributed by atoms with van der Waals surface area (Å²) < 4.78 is 17.4. The monoisotopic (exact) mass is 388 g/mol. The van der Waals surface area contributed by atoms with E-state index in [0.29, 0.717) is 30.9 Å². The molecule has 3 heterocycles. The molecule has 5 nitrogen and oxygen atoms in total. The van der Waals surface area contributed by atoms with Gasteiger partial charge in [0, 0.05) is 32.1 Å². The van der Waals surface area contributed by atoms with Gasteiger partial charge in [0.25, 0.3) is 0 Å². The van der Waals surface area contributed by atoms with Gasteiger partial charge in [-0.25, -0.2) is 4.79 Å². The van der Waals surface area contributed by atoms with Crippen molar-refractivity contribution in [3.63, 3.8) is 0 Å². The van der Waals surface area contributed by atoms with Crippen molar-refractivity contribution in [2.75, 3.05) is 13.2 Å².